The van der Waals surface area contributed by atoms with E-state index in [-0.39, 0.29) is 6.04 Å². The van der Waals surface area contributed by atoms with E-state index in [2.05, 4.69) is 10.0 Å². The van der Waals surface area contributed by atoms with Gasteiger partial charge < -0.3 is 5.32 Å². The van der Waals surface area contributed by atoms with Gasteiger partial charge in [0.15, 0.2) is 0 Å². The number of piperidine rings is 1. The van der Waals surface area contributed by atoms with Crippen molar-refractivity contribution in [3.8, 4) is 0 Å². The maximum Gasteiger partial charge on any atom is 0.279 e. The van der Waals surface area contributed by atoms with Gasteiger partial charge in [-0.15, -0.1) is 0 Å². The van der Waals surface area contributed by atoms with Crippen LogP contribution in [0.25, 0.3) is 0 Å². The molecule has 6 heteroatoms. The number of nitrogens with one attached hydrogen (secondary N) is 2. The first-order chi connectivity index (χ1) is 9.65. The highest BCUT2D eigenvalue weighted by Gasteiger charge is 2.36. The van der Waals surface area contributed by atoms with E-state index in [1.165, 1.54) is 0 Å². The lowest BCUT2D eigenvalue weighted by Crippen LogP contribution is -2.51. The second-order valence-electron chi connectivity index (χ2n) is 6.01. The first kappa shape index (κ1) is 16.2. The van der Waals surface area contributed by atoms with Crippen molar-refractivity contribution in [1.82, 2.24) is 14.3 Å². The van der Waals surface area contributed by atoms with Crippen molar-refractivity contribution in [2.24, 2.45) is 5.92 Å². The predicted molar refractivity (Wildman–Crippen MR) is 81.8 cm³/mol. The molecular weight excluding hydrogens is 274 g/mol. The Morgan fingerprint density at radius 3 is 2.60 bits per heavy atom. The number of hydrogen-bond acceptors (Lipinski definition) is 3. The molecule has 2 N–H and O–H groups in total. The molecule has 0 radical (unpaired) electrons. The van der Waals surface area contributed by atoms with Gasteiger partial charge in [-0.05, 0) is 51.1 Å². The maximum absolute atomic E-state index is 12.5. The van der Waals surface area contributed by atoms with Crippen LogP contribution in [0.5, 0.6) is 0 Å². The van der Waals surface area contributed by atoms with E-state index in [4.69, 9.17) is 0 Å². The zero-order valence-electron chi connectivity index (χ0n) is 12.6. The third-order valence-corrected chi connectivity index (χ3v) is 6.16. The Bertz CT molecular complexity index is 380. The molecular formula is C14H29N3O2S. The summed E-state index contributed by atoms with van der Waals surface area (Å²) in [6.45, 7) is 5.27. The molecule has 1 unspecified atom stereocenters. The monoisotopic (exact) mass is 303 g/mol. The Morgan fingerprint density at radius 2 is 1.90 bits per heavy atom. The van der Waals surface area contributed by atoms with Gasteiger partial charge in [-0.25, -0.2) is 4.72 Å². The van der Waals surface area contributed by atoms with Crippen molar-refractivity contribution in [1.29, 1.82) is 0 Å². The van der Waals surface area contributed by atoms with E-state index in [1.807, 2.05) is 6.92 Å². The third-order valence-electron chi connectivity index (χ3n) is 4.52. The molecule has 118 valence electrons. The van der Waals surface area contributed by atoms with E-state index in [9.17, 15) is 8.42 Å². The second kappa shape index (κ2) is 7.73. The van der Waals surface area contributed by atoms with Gasteiger partial charge in [0.25, 0.3) is 10.2 Å². The Morgan fingerprint density at radius 1 is 1.15 bits per heavy atom. The molecule has 2 aliphatic rings. The number of hydrogen-bond donors (Lipinski definition) is 2. The van der Waals surface area contributed by atoms with E-state index in [0.29, 0.717) is 19.0 Å². The Labute approximate surface area is 123 Å². The molecule has 0 aliphatic carbocycles. The molecule has 2 aliphatic heterocycles. The Hall–Kier alpha value is -0.170. The fraction of sp³-hybridized carbons (Fsp3) is 1.00. The molecule has 0 spiro atoms. The van der Waals surface area contributed by atoms with Crippen LogP contribution in [0.3, 0.4) is 0 Å². The fourth-order valence-electron chi connectivity index (χ4n) is 3.42. The van der Waals surface area contributed by atoms with Gasteiger partial charge in [-0.2, -0.15) is 12.7 Å². The van der Waals surface area contributed by atoms with E-state index < -0.39 is 10.2 Å². The molecule has 0 bridgehead atoms. The minimum Gasteiger partial charge on any atom is -0.317 e. The third kappa shape index (κ3) is 4.16. The molecule has 0 aromatic carbocycles. The van der Waals surface area contributed by atoms with Gasteiger partial charge in [0.2, 0.25) is 0 Å². The van der Waals surface area contributed by atoms with Crippen LogP contribution < -0.4 is 10.0 Å². The van der Waals surface area contributed by atoms with Crippen molar-refractivity contribution < 1.29 is 8.42 Å². The van der Waals surface area contributed by atoms with Crippen molar-refractivity contribution >= 4 is 10.2 Å². The highest BCUT2D eigenvalue weighted by Crippen LogP contribution is 2.29. The van der Waals surface area contributed by atoms with E-state index in [0.717, 1.165) is 58.0 Å². The number of nitrogens with zero attached hydrogens (tertiary/aromatic N) is 1. The summed E-state index contributed by atoms with van der Waals surface area (Å²) in [4.78, 5) is 0. The minimum absolute atomic E-state index is 0.203. The summed E-state index contributed by atoms with van der Waals surface area (Å²) in [6.07, 6.45) is 7.38. The first-order valence-corrected chi connectivity index (χ1v) is 9.56. The van der Waals surface area contributed by atoms with Crippen LogP contribution >= 0.6 is 0 Å². The molecule has 5 nitrogen and oxygen atoms in total. The van der Waals surface area contributed by atoms with Crippen LogP contribution in [0.4, 0.5) is 0 Å². The molecule has 1 atom stereocenters. The summed E-state index contributed by atoms with van der Waals surface area (Å²) in [5.74, 6) is 0.521. The average Bonchev–Trinajstić information content (AvgIpc) is 2.72. The van der Waals surface area contributed by atoms with E-state index in [1.54, 1.807) is 4.31 Å². The van der Waals surface area contributed by atoms with Crippen LogP contribution in [-0.4, -0.2) is 44.9 Å². The average molecular weight is 303 g/mol. The summed E-state index contributed by atoms with van der Waals surface area (Å²) >= 11 is 0. The van der Waals surface area contributed by atoms with Crippen LogP contribution in [0, 0.1) is 5.92 Å². The maximum atomic E-state index is 12.5. The highest BCUT2D eigenvalue weighted by atomic mass is 32.2. The van der Waals surface area contributed by atoms with Crippen molar-refractivity contribution in [3.05, 3.63) is 0 Å². The summed E-state index contributed by atoms with van der Waals surface area (Å²) in [5.41, 5.74) is 0. The smallest absolute Gasteiger partial charge is 0.279 e. The lowest BCUT2D eigenvalue weighted by molar-refractivity contribution is 0.196. The molecule has 0 saturated carbocycles. The van der Waals surface area contributed by atoms with Gasteiger partial charge in [-0.1, -0.05) is 19.8 Å². The summed E-state index contributed by atoms with van der Waals surface area (Å²) in [6, 6.07) is 0.203. The van der Waals surface area contributed by atoms with E-state index >= 15 is 0 Å². The molecule has 0 amide bonds. The van der Waals surface area contributed by atoms with Crippen LogP contribution in [-0.2, 0) is 10.2 Å². The summed E-state index contributed by atoms with van der Waals surface area (Å²) in [5, 5.41) is 3.37. The normalized spacial score (nSPS) is 27.4. The second-order valence-corrected chi connectivity index (χ2v) is 7.72. The van der Waals surface area contributed by atoms with Crippen LogP contribution in [0.2, 0.25) is 0 Å². The lowest BCUT2D eigenvalue weighted by Gasteiger charge is -2.37. The fourth-order valence-corrected chi connectivity index (χ4v) is 5.05. The molecule has 2 fully saturated rings. The molecule has 0 aromatic rings. The molecule has 2 heterocycles. The van der Waals surface area contributed by atoms with Crippen molar-refractivity contribution in [3.63, 3.8) is 0 Å². The van der Waals surface area contributed by atoms with Crippen molar-refractivity contribution in [2.45, 2.75) is 57.9 Å². The Balaban J connectivity index is 2.11. The molecule has 0 aromatic heterocycles. The lowest BCUT2D eigenvalue weighted by atomic mass is 9.88. The van der Waals surface area contributed by atoms with Gasteiger partial charge in [0, 0.05) is 19.1 Å². The molecule has 2 rings (SSSR count). The van der Waals surface area contributed by atoms with Gasteiger partial charge in [-0.3, -0.25) is 0 Å². The standard InChI is InChI=1S/C14H29N3O2S/c1-2-9-16-20(18,19)17-12-5-3-4-6-14(17)13-7-10-15-11-8-13/h13-16H,2-12H2,1H3. The zero-order valence-corrected chi connectivity index (χ0v) is 13.4. The van der Waals surface area contributed by atoms with Crippen LogP contribution in [0.1, 0.15) is 51.9 Å². The highest BCUT2D eigenvalue weighted by molar-refractivity contribution is 7.87. The van der Waals surface area contributed by atoms with Crippen LogP contribution in [0.15, 0.2) is 0 Å². The first-order valence-electron chi connectivity index (χ1n) is 8.12. The molecule has 20 heavy (non-hydrogen) atoms. The van der Waals surface area contributed by atoms with Gasteiger partial charge in [0.05, 0.1) is 0 Å². The van der Waals surface area contributed by atoms with Gasteiger partial charge >= 0.3 is 0 Å². The quantitative estimate of drug-likeness (QED) is 0.808. The van der Waals surface area contributed by atoms with Crippen molar-refractivity contribution in [2.75, 3.05) is 26.2 Å². The molecule has 2 saturated heterocycles. The summed E-state index contributed by atoms with van der Waals surface area (Å²) in [7, 11) is -3.30. The SMILES string of the molecule is CCCNS(=O)(=O)N1CCCCCC1C1CCNCC1. The van der Waals surface area contributed by atoms with Gasteiger partial charge in [0.1, 0.15) is 0 Å². The summed E-state index contributed by atoms with van der Waals surface area (Å²) < 4.78 is 29.6. The topological polar surface area (TPSA) is 61.4 Å². The Kier molecular flexibility index (Phi) is 6.26. The minimum atomic E-state index is -3.30. The zero-order chi connectivity index (χ0) is 14.4. The largest absolute Gasteiger partial charge is 0.317 e. The predicted octanol–water partition coefficient (Wildman–Crippen LogP) is 1.47. The number of rotatable bonds is 5.